The maximum atomic E-state index is 12.9. The number of carbonyl (C=O) groups is 1. The van der Waals surface area contributed by atoms with Gasteiger partial charge < -0.3 is 15.4 Å². The zero-order valence-corrected chi connectivity index (χ0v) is 15.6. The molecular weight excluding hydrogens is 371 g/mol. The van der Waals surface area contributed by atoms with E-state index in [0.717, 1.165) is 43.6 Å². The molecule has 1 unspecified atom stereocenters. The Morgan fingerprint density at radius 1 is 1.32 bits per heavy atom. The van der Waals surface area contributed by atoms with Crippen molar-refractivity contribution in [3.8, 4) is 11.3 Å². The Bertz CT molecular complexity index is 809. The number of halogens is 3. The molecule has 8 heteroatoms. The molecule has 5 nitrogen and oxygen atoms in total. The summed E-state index contributed by atoms with van der Waals surface area (Å²) in [5, 5.41) is 12.0. The Balaban J connectivity index is 1.62. The van der Waals surface area contributed by atoms with Crippen LogP contribution in [0.4, 0.5) is 13.2 Å². The molecule has 1 saturated carbocycles. The second-order valence-electron chi connectivity index (χ2n) is 7.40. The standard InChI is InChI=1S/C20H24F3N3O2/c1-12(27)10-25-19(28)14-7-5-13(6-8-14)18-24-11-17(26-18)15-3-2-4-16(9-15)20(21,22)23/h2-4,9,11-14,27H,5-8,10H2,1H3,(H,24,26)(H,25,28). The molecule has 0 radical (unpaired) electrons. The molecule has 1 aliphatic carbocycles. The van der Waals surface area contributed by atoms with Crippen LogP contribution in [-0.4, -0.2) is 33.6 Å². The van der Waals surface area contributed by atoms with E-state index in [2.05, 4.69) is 15.3 Å². The van der Waals surface area contributed by atoms with Gasteiger partial charge in [-0.25, -0.2) is 4.98 Å². The first kappa shape index (κ1) is 20.4. The minimum Gasteiger partial charge on any atom is -0.392 e. The number of hydrogen-bond donors (Lipinski definition) is 3. The summed E-state index contributed by atoms with van der Waals surface area (Å²) in [6.45, 7) is 1.87. The second kappa shape index (κ2) is 8.34. The fourth-order valence-electron chi connectivity index (χ4n) is 3.58. The van der Waals surface area contributed by atoms with Crippen LogP contribution in [0.15, 0.2) is 30.5 Å². The van der Waals surface area contributed by atoms with Crippen LogP contribution in [0.2, 0.25) is 0 Å². The summed E-state index contributed by atoms with van der Waals surface area (Å²) in [7, 11) is 0. The van der Waals surface area contributed by atoms with E-state index in [1.54, 1.807) is 19.2 Å². The minimum absolute atomic E-state index is 0.0385. The number of nitrogens with one attached hydrogen (secondary N) is 2. The summed E-state index contributed by atoms with van der Waals surface area (Å²) in [5.74, 6) is 0.784. The summed E-state index contributed by atoms with van der Waals surface area (Å²) in [6.07, 6.45) is -0.397. The lowest BCUT2D eigenvalue weighted by atomic mass is 9.81. The van der Waals surface area contributed by atoms with E-state index in [-0.39, 0.29) is 24.3 Å². The van der Waals surface area contributed by atoms with E-state index in [4.69, 9.17) is 0 Å². The van der Waals surface area contributed by atoms with Crippen molar-refractivity contribution in [2.45, 2.75) is 50.8 Å². The summed E-state index contributed by atoms with van der Waals surface area (Å²) < 4.78 is 38.7. The molecule has 152 valence electrons. The molecule has 3 N–H and O–H groups in total. The van der Waals surface area contributed by atoms with E-state index in [0.29, 0.717) is 11.3 Å². The summed E-state index contributed by atoms with van der Waals surface area (Å²) in [6, 6.07) is 5.16. The number of alkyl halides is 3. The Morgan fingerprint density at radius 2 is 2.04 bits per heavy atom. The lowest BCUT2D eigenvalue weighted by molar-refractivity contribution is -0.137. The molecule has 1 aromatic heterocycles. The third kappa shape index (κ3) is 4.92. The first-order valence-electron chi connectivity index (χ1n) is 9.42. The predicted molar refractivity (Wildman–Crippen MR) is 98.4 cm³/mol. The number of nitrogens with zero attached hydrogens (tertiary/aromatic N) is 1. The van der Waals surface area contributed by atoms with Gasteiger partial charge in [-0.3, -0.25) is 4.79 Å². The first-order chi connectivity index (χ1) is 13.2. The van der Waals surface area contributed by atoms with Crippen molar-refractivity contribution in [3.63, 3.8) is 0 Å². The Labute approximate surface area is 161 Å². The maximum absolute atomic E-state index is 12.9. The van der Waals surface area contributed by atoms with Crippen LogP contribution in [0.5, 0.6) is 0 Å². The van der Waals surface area contributed by atoms with Gasteiger partial charge in [0.15, 0.2) is 0 Å². The van der Waals surface area contributed by atoms with Gasteiger partial charge in [0.05, 0.1) is 23.6 Å². The fourth-order valence-corrected chi connectivity index (χ4v) is 3.58. The van der Waals surface area contributed by atoms with Crippen LogP contribution in [0.25, 0.3) is 11.3 Å². The van der Waals surface area contributed by atoms with Crippen molar-refractivity contribution in [3.05, 3.63) is 41.9 Å². The van der Waals surface area contributed by atoms with Crippen LogP contribution in [0, 0.1) is 5.92 Å². The third-order valence-corrected chi connectivity index (χ3v) is 5.15. The van der Waals surface area contributed by atoms with Crippen LogP contribution >= 0.6 is 0 Å². The highest BCUT2D eigenvalue weighted by atomic mass is 19.4. The highest BCUT2D eigenvalue weighted by Crippen LogP contribution is 2.36. The number of benzene rings is 1. The SMILES string of the molecule is CC(O)CNC(=O)C1CCC(c2ncc(-c3cccc(C(F)(F)F)c3)[nH]2)CC1. The van der Waals surface area contributed by atoms with Gasteiger partial charge in [0.25, 0.3) is 0 Å². The van der Waals surface area contributed by atoms with Gasteiger partial charge in [0.2, 0.25) is 5.91 Å². The lowest BCUT2D eigenvalue weighted by Gasteiger charge is -2.26. The molecule has 0 spiro atoms. The monoisotopic (exact) mass is 395 g/mol. The minimum atomic E-state index is -4.38. The fraction of sp³-hybridized carbons (Fsp3) is 0.500. The van der Waals surface area contributed by atoms with Crippen molar-refractivity contribution in [1.29, 1.82) is 0 Å². The Morgan fingerprint density at radius 3 is 2.68 bits per heavy atom. The highest BCUT2D eigenvalue weighted by molar-refractivity contribution is 5.78. The summed E-state index contributed by atoms with van der Waals surface area (Å²) >= 11 is 0. The molecule has 0 saturated heterocycles. The van der Waals surface area contributed by atoms with E-state index >= 15 is 0 Å². The second-order valence-corrected chi connectivity index (χ2v) is 7.40. The van der Waals surface area contributed by atoms with Crippen LogP contribution in [-0.2, 0) is 11.0 Å². The van der Waals surface area contributed by atoms with Crippen LogP contribution in [0.3, 0.4) is 0 Å². The maximum Gasteiger partial charge on any atom is 0.416 e. The molecule has 1 heterocycles. The van der Waals surface area contributed by atoms with Crippen LogP contribution in [0.1, 0.15) is 49.9 Å². The molecule has 1 atom stereocenters. The number of aliphatic hydroxyl groups excluding tert-OH is 1. The van der Waals surface area contributed by atoms with Crippen molar-refractivity contribution in [1.82, 2.24) is 15.3 Å². The number of rotatable bonds is 5. The molecule has 1 amide bonds. The van der Waals surface area contributed by atoms with Crippen molar-refractivity contribution >= 4 is 5.91 Å². The normalized spacial score (nSPS) is 21.3. The average Bonchev–Trinajstić information content (AvgIpc) is 3.16. The average molecular weight is 395 g/mol. The number of imidazole rings is 1. The molecule has 0 aliphatic heterocycles. The number of aromatic amines is 1. The number of aromatic nitrogens is 2. The lowest BCUT2D eigenvalue weighted by Crippen LogP contribution is -2.36. The molecule has 2 aromatic rings. The van der Waals surface area contributed by atoms with Crippen molar-refractivity contribution in [2.75, 3.05) is 6.54 Å². The molecular formula is C20H24F3N3O2. The van der Waals surface area contributed by atoms with Crippen LogP contribution < -0.4 is 5.32 Å². The number of aliphatic hydroxyl groups is 1. The number of carbonyl (C=O) groups excluding carboxylic acids is 1. The molecule has 1 aromatic carbocycles. The quantitative estimate of drug-likeness (QED) is 0.719. The van der Waals surface area contributed by atoms with Gasteiger partial charge in [0.1, 0.15) is 5.82 Å². The third-order valence-electron chi connectivity index (χ3n) is 5.15. The van der Waals surface area contributed by atoms with Gasteiger partial charge in [0, 0.05) is 23.9 Å². The topological polar surface area (TPSA) is 78.0 Å². The smallest absolute Gasteiger partial charge is 0.392 e. The van der Waals surface area contributed by atoms with E-state index < -0.39 is 17.8 Å². The molecule has 1 fully saturated rings. The number of H-pyrrole nitrogens is 1. The van der Waals surface area contributed by atoms with Gasteiger partial charge in [-0.05, 0) is 44.7 Å². The van der Waals surface area contributed by atoms with E-state index in [1.807, 2.05) is 0 Å². The summed E-state index contributed by atoms with van der Waals surface area (Å²) in [5.41, 5.74) is 0.308. The predicted octanol–water partition coefficient (Wildman–Crippen LogP) is 3.87. The Hall–Kier alpha value is -2.35. The number of amides is 1. The van der Waals surface area contributed by atoms with Crippen molar-refractivity contribution in [2.24, 2.45) is 5.92 Å². The zero-order valence-electron chi connectivity index (χ0n) is 15.6. The van der Waals surface area contributed by atoms with E-state index in [9.17, 15) is 23.1 Å². The van der Waals surface area contributed by atoms with Gasteiger partial charge in [-0.1, -0.05) is 12.1 Å². The number of hydrogen-bond acceptors (Lipinski definition) is 3. The first-order valence-corrected chi connectivity index (χ1v) is 9.42. The van der Waals surface area contributed by atoms with E-state index in [1.165, 1.54) is 6.07 Å². The van der Waals surface area contributed by atoms with Gasteiger partial charge >= 0.3 is 6.18 Å². The highest BCUT2D eigenvalue weighted by Gasteiger charge is 2.31. The zero-order chi connectivity index (χ0) is 20.3. The Kier molecular flexibility index (Phi) is 6.07. The largest absolute Gasteiger partial charge is 0.416 e. The van der Waals surface area contributed by atoms with Gasteiger partial charge in [-0.2, -0.15) is 13.2 Å². The molecule has 28 heavy (non-hydrogen) atoms. The summed E-state index contributed by atoms with van der Waals surface area (Å²) in [4.78, 5) is 19.6. The van der Waals surface area contributed by atoms with Gasteiger partial charge in [-0.15, -0.1) is 0 Å². The molecule has 1 aliphatic rings. The molecule has 3 rings (SSSR count). The van der Waals surface area contributed by atoms with Crippen molar-refractivity contribution < 1.29 is 23.1 Å². The molecule has 0 bridgehead atoms.